The summed E-state index contributed by atoms with van der Waals surface area (Å²) >= 11 is 0. The van der Waals surface area contributed by atoms with Crippen LogP contribution in [-0.4, -0.2) is 109 Å². The minimum atomic E-state index is -1.52. The Morgan fingerprint density at radius 2 is 1.35 bits per heavy atom. The van der Waals surface area contributed by atoms with E-state index in [1.165, 1.54) is 0 Å². The first-order valence-electron chi connectivity index (χ1n) is 10.6. The van der Waals surface area contributed by atoms with Crippen LogP contribution >= 0.6 is 0 Å². The largest absolute Gasteiger partial charge is 0.463 e. The van der Waals surface area contributed by atoms with Crippen LogP contribution in [0.4, 0.5) is 0 Å². The molecule has 10 atom stereocenters. The zero-order valence-electron chi connectivity index (χ0n) is 19.0. The maximum atomic E-state index is 11.9. The molecular formula is C20H28O14. The zero-order valence-corrected chi connectivity index (χ0v) is 19.0. The van der Waals surface area contributed by atoms with E-state index in [0.717, 1.165) is 27.7 Å². The van der Waals surface area contributed by atoms with E-state index in [0.29, 0.717) is 0 Å². The maximum Gasteiger partial charge on any atom is 0.303 e. The second kappa shape index (κ2) is 10.9. The highest BCUT2D eigenvalue weighted by molar-refractivity contribution is 5.68. The van der Waals surface area contributed by atoms with Gasteiger partial charge in [-0.25, -0.2) is 0 Å². The Morgan fingerprint density at radius 3 is 1.94 bits per heavy atom. The average molecular weight is 492 g/mol. The fraction of sp³-hybridized carbons (Fsp3) is 0.800. The summed E-state index contributed by atoms with van der Waals surface area (Å²) in [5.41, 5.74) is 0. The van der Waals surface area contributed by atoms with E-state index in [1.54, 1.807) is 0 Å². The summed E-state index contributed by atoms with van der Waals surface area (Å²) in [6.45, 7) is 3.99. The lowest BCUT2D eigenvalue weighted by Crippen LogP contribution is -2.65. The van der Waals surface area contributed by atoms with E-state index in [1.807, 2.05) is 0 Å². The number of hydrogen-bond acceptors (Lipinski definition) is 14. The van der Waals surface area contributed by atoms with Gasteiger partial charge in [0, 0.05) is 27.7 Å². The van der Waals surface area contributed by atoms with Crippen LogP contribution in [0.2, 0.25) is 0 Å². The second-order valence-electron chi connectivity index (χ2n) is 8.03. The molecule has 3 aliphatic heterocycles. The SMILES string of the molecule is CC(=O)OCC1OC(OC2C3COC(O3)C(O)C2O)C(OC(C)=O)C(OC(C)=O)C1OC(C)=O. The van der Waals surface area contributed by atoms with Crippen molar-refractivity contribution in [1.29, 1.82) is 0 Å². The number of rotatable bonds is 7. The first kappa shape index (κ1) is 26.2. The molecule has 2 N–H and O–H groups in total. The average Bonchev–Trinajstić information content (AvgIpc) is 3.18. The minimum Gasteiger partial charge on any atom is -0.463 e. The maximum absolute atomic E-state index is 11.9. The summed E-state index contributed by atoms with van der Waals surface area (Å²) < 4.78 is 43.3. The third-order valence-electron chi connectivity index (χ3n) is 5.30. The number of hydrogen-bond donors (Lipinski definition) is 2. The molecular weight excluding hydrogens is 464 g/mol. The van der Waals surface area contributed by atoms with Crippen molar-refractivity contribution in [2.45, 2.75) is 89.1 Å². The highest BCUT2D eigenvalue weighted by atomic mass is 16.8. The van der Waals surface area contributed by atoms with Crippen molar-refractivity contribution in [2.75, 3.05) is 13.2 Å². The van der Waals surface area contributed by atoms with Crippen molar-refractivity contribution in [1.82, 2.24) is 0 Å². The van der Waals surface area contributed by atoms with Crippen molar-refractivity contribution in [3.63, 3.8) is 0 Å². The fourth-order valence-corrected chi connectivity index (χ4v) is 3.99. The summed E-state index contributed by atoms with van der Waals surface area (Å²) in [7, 11) is 0. The van der Waals surface area contributed by atoms with E-state index in [-0.39, 0.29) is 6.61 Å². The lowest BCUT2D eigenvalue weighted by atomic mass is 9.97. The Balaban J connectivity index is 1.94. The number of aliphatic hydroxyl groups excluding tert-OH is 2. The highest BCUT2D eigenvalue weighted by Gasteiger charge is 2.56. The molecule has 0 amide bonds. The summed E-state index contributed by atoms with van der Waals surface area (Å²) in [5, 5.41) is 20.7. The number of fused-ring (bicyclic) bond motifs is 2. The van der Waals surface area contributed by atoms with Crippen LogP contribution in [0.3, 0.4) is 0 Å². The third-order valence-corrected chi connectivity index (χ3v) is 5.30. The van der Waals surface area contributed by atoms with Crippen LogP contribution in [0, 0.1) is 0 Å². The molecule has 3 rings (SSSR count). The molecule has 3 saturated heterocycles. The molecule has 0 saturated carbocycles. The molecule has 34 heavy (non-hydrogen) atoms. The normalized spacial score (nSPS) is 39.1. The van der Waals surface area contributed by atoms with Crippen LogP contribution in [0.5, 0.6) is 0 Å². The van der Waals surface area contributed by atoms with Gasteiger partial charge in [-0.05, 0) is 0 Å². The first-order valence-corrected chi connectivity index (χ1v) is 10.6. The number of aliphatic hydroxyl groups is 2. The van der Waals surface area contributed by atoms with Gasteiger partial charge in [-0.2, -0.15) is 0 Å². The molecule has 0 spiro atoms. The Bertz CT molecular complexity index is 785. The molecule has 3 fully saturated rings. The molecule has 3 aliphatic rings. The van der Waals surface area contributed by atoms with Gasteiger partial charge >= 0.3 is 23.9 Å². The van der Waals surface area contributed by atoms with Gasteiger partial charge < -0.3 is 48.1 Å². The van der Waals surface area contributed by atoms with Crippen molar-refractivity contribution in [3.8, 4) is 0 Å². The highest BCUT2D eigenvalue weighted by Crippen LogP contribution is 2.35. The van der Waals surface area contributed by atoms with E-state index in [2.05, 4.69) is 0 Å². The lowest BCUT2D eigenvalue weighted by Gasteiger charge is -2.46. The van der Waals surface area contributed by atoms with Gasteiger partial charge in [0.25, 0.3) is 0 Å². The van der Waals surface area contributed by atoms with Gasteiger partial charge in [0.05, 0.1) is 6.61 Å². The molecule has 0 aromatic heterocycles. The predicted molar refractivity (Wildman–Crippen MR) is 103 cm³/mol. The lowest BCUT2D eigenvalue weighted by molar-refractivity contribution is -0.340. The molecule has 0 aromatic carbocycles. The topological polar surface area (TPSA) is 183 Å². The Labute approximate surface area is 194 Å². The number of carbonyl (C=O) groups excluding carboxylic acids is 4. The van der Waals surface area contributed by atoms with Crippen LogP contribution in [0.15, 0.2) is 0 Å². The van der Waals surface area contributed by atoms with E-state index in [9.17, 15) is 29.4 Å². The van der Waals surface area contributed by atoms with Gasteiger partial charge in [0.15, 0.2) is 30.9 Å². The van der Waals surface area contributed by atoms with Crippen molar-refractivity contribution in [2.24, 2.45) is 0 Å². The second-order valence-corrected chi connectivity index (χ2v) is 8.03. The zero-order chi connectivity index (χ0) is 25.2. The van der Waals surface area contributed by atoms with Crippen molar-refractivity contribution in [3.05, 3.63) is 0 Å². The quantitative estimate of drug-likeness (QED) is 0.292. The fourth-order valence-electron chi connectivity index (χ4n) is 3.99. The van der Waals surface area contributed by atoms with Gasteiger partial charge in [-0.1, -0.05) is 0 Å². The summed E-state index contributed by atoms with van der Waals surface area (Å²) in [4.78, 5) is 46.9. The van der Waals surface area contributed by atoms with Gasteiger partial charge in [-0.15, -0.1) is 0 Å². The number of esters is 4. The smallest absolute Gasteiger partial charge is 0.303 e. The predicted octanol–water partition coefficient (Wildman–Crippen LogP) is -2.07. The molecule has 10 unspecified atom stereocenters. The molecule has 3 heterocycles. The Kier molecular flexibility index (Phi) is 8.43. The molecule has 0 aromatic rings. The van der Waals surface area contributed by atoms with Gasteiger partial charge in [0.1, 0.15) is 37.1 Å². The number of carbonyl (C=O) groups is 4. The van der Waals surface area contributed by atoms with Gasteiger partial charge in [0.2, 0.25) is 0 Å². The van der Waals surface area contributed by atoms with E-state index in [4.69, 9.17) is 37.9 Å². The third kappa shape index (κ3) is 6.00. The van der Waals surface area contributed by atoms with Gasteiger partial charge in [-0.3, -0.25) is 19.2 Å². The van der Waals surface area contributed by atoms with Crippen LogP contribution < -0.4 is 0 Å². The van der Waals surface area contributed by atoms with Crippen molar-refractivity contribution >= 4 is 23.9 Å². The molecule has 0 radical (unpaired) electrons. The van der Waals surface area contributed by atoms with E-state index < -0.39 is 91.9 Å². The first-order chi connectivity index (χ1) is 16.0. The summed E-state index contributed by atoms with van der Waals surface area (Å²) in [6, 6.07) is 0. The Morgan fingerprint density at radius 1 is 0.765 bits per heavy atom. The molecule has 0 aliphatic carbocycles. The Hall–Kier alpha value is -2.36. The standard InChI is InChI=1S/C20H28O14/c1-7(21)27-5-12-16(29-8(2)22)17(30-9(3)23)18(31-10(4)24)20(33-12)34-15-11-6-28-19(32-11)14(26)13(15)25/h11-20,25-26H,5-6H2,1-4H3. The minimum absolute atomic E-state index is 0.00523. The van der Waals surface area contributed by atoms with E-state index >= 15 is 0 Å². The molecule has 14 nitrogen and oxygen atoms in total. The molecule has 14 heteroatoms. The van der Waals surface area contributed by atoms with Crippen LogP contribution in [0.25, 0.3) is 0 Å². The van der Waals surface area contributed by atoms with Crippen LogP contribution in [-0.2, 0) is 57.1 Å². The molecule has 2 bridgehead atoms. The van der Waals surface area contributed by atoms with Crippen LogP contribution in [0.1, 0.15) is 27.7 Å². The summed E-state index contributed by atoms with van der Waals surface area (Å²) in [6.07, 6.45) is -12.9. The summed E-state index contributed by atoms with van der Waals surface area (Å²) in [5.74, 6) is -3.03. The number of ether oxygens (including phenoxy) is 8. The molecule has 192 valence electrons. The monoisotopic (exact) mass is 492 g/mol. The van der Waals surface area contributed by atoms with Crippen molar-refractivity contribution < 1.29 is 67.3 Å².